The highest BCUT2D eigenvalue weighted by Gasteiger charge is 2.18. The molecule has 1 nitrogen and oxygen atoms in total. The smallest absolute Gasteiger partial charge is 0.0184 e. The first kappa shape index (κ1) is 17.7. The van der Waals surface area contributed by atoms with E-state index >= 15 is 0 Å². The second kappa shape index (κ2) is 6.13. The third kappa shape index (κ3) is 3.84. The van der Waals surface area contributed by atoms with E-state index in [1.54, 1.807) is 0 Å². The highest BCUT2D eigenvalue weighted by molar-refractivity contribution is 5.71. The lowest BCUT2D eigenvalue weighted by Gasteiger charge is -2.23. The first-order valence-corrected chi connectivity index (χ1v) is 8.49. The van der Waals surface area contributed by atoms with Crippen molar-refractivity contribution in [1.82, 2.24) is 0 Å². The predicted octanol–water partition coefficient (Wildman–Crippen LogP) is 5.72. The van der Waals surface area contributed by atoms with Crippen LogP contribution in [0.2, 0.25) is 0 Å². The molecule has 0 unspecified atom stereocenters. The van der Waals surface area contributed by atoms with E-state index in [1.807, 2.05) is 0 Å². The van der Waals surface area contributed by atoms with Crippen molar-refractivity contribution in [1.29, 1.82) is 0 Å². The van der Waals surface area contributed by atoms with Gasteiger partial charge in [0.1, 0.15) is 0 Å². The Bertz CT molecular complexity index is 697. The molecule has 0 spiro atoms. The summed E-state index contributed by atoms with van der Waals surface area (Å²) in [4.78, 5) is 0. The summed E-state index contributed by atoms with van der Waals surface area (Å²) in [7, 11) is 0. The average molecular weight is 309 g/mol. The van der Waals surface area contributed by atoms with E-state index < -0.39 is 0 Å². The fraction of sp³-hybridized carbons (Fsp3) is 0.455. The zero-order valence-electron chi connectivity index (χ0n) is 15.7. The van der Waals surface area contributed by atoms with E-state index in [0.29, 0.717) is 6.54 Å². The Hall–Kier alpha value is -1.60. The molecule has 0 aliphatic heterocycles. The van der Waals surface area contributed by atoms with Crippen LogP contribution in [0, 0.1) is 6.92 Å². The van der Waals surface area contributed by atoms with Crippen LogP contribution in [0.1, 0.15) is 63.8 Å². The molecule has 124 valence electrons. The van der Waals surface area contributed by atoms with E-state index in [4.69, 9.17) is 5.73 Å². The zero-order chi connectivity index (χ0) is 17.4. The van der Waals surface area contributed by atoms with E-state index in [9.17, 15) is 0 Å². The Kier molecular flexibility index (Phi) is 4.73. The summed E-state index contributed by atoms with van der Waals surface area (Å²) in [5.74, 6) is 0. The van der Waals surface area contributed by atoms with Crippen LogP contribution < -0.4 is 5.73 Å². The molecule has 0 amide bonds. The number of hydrogen-bond donors (Lipinski definition) is 1. The molecule has 0 atom stereocenters. The van der Waals surface area contributed by atoms with E-state index in [0.717, 1.165) is 0 Å². The van der Waals surface area contributed by atoms with Crippen molar-refractivity contribution in [3.05, 3.63) is 58.7 Å². The molecule has 2 N–H and O–H groups in total. The van der Waals surface area contributed by atoms with Gasteiger partial charge in [0.2, 0.25) is 0 Å². The second-order valence-electron chi connectivity index (χ2n) is 8.61. The van der Waals surface area contributed by atoms with Gasteiger partial charge in [0.05, 0.1) is 0 Å². The number of hydrogen-bond acceptors (Lipinski definition) is 1. The highest BCUT2D eigenvalue weighted by atomic mass is 14.5. The standard InChI is InChI=1S/C22H31N/c1-15-12-17(21(2,3)4)8-10-19(15)20-11-9-18(22(5,6)7)13-16(20)14-23/h8-13H,14,23H2,1-7H3. The summed E-state index contributed by atoms with van der Waals surface area (Å²) in [6.45, 7) is 16.3. The first-order valence-electron chi connectivity index (χ1n) is 8.49. The number of aryl methyl sites for hydroxylation is 1. The Morgan fingerprint density at radius 1 is 0.739 bits per heavy atom. The maximum absolute atomic E-state index is 6.05. The minimum absolute atomic E-state index is 0.146. The quantitative estimate of drug-likeness (QED) is 0.754. The molecule has 0 aliphatic rings. The van der Waals surface area contributed by atoms with Gasteiger partial charge in [-0.25, -0.2) is 0 Å². The fourth-order valence-electron chi connectivity index (χ4n) is 2.92. The zero-order valence-corrected chi connectivity index (χ0v) is 15.7. The number of benzene rings is 2. The molecule has 0 saturated carbocycles. The number of nitrogens with two attached hydrogens (primary N) is 1. The minimum Gasteiger partial charge on any atom is -0.326 e. The molecule has 2 aromatic carbocycles. The van der Waals surface area contributed by atoms with Gasteiger partial charge in [0, 0.05) is 6.54 Å². The first-order chi connectivity index (χ1) is 10.5. The second-order valence-corrected chi connectivity index (χ2v) is 8.61. The van der Waals surface area contributed by atoms with Gasteiger partial charge >= 0.3 is 0 Å². The lowest BCUT2D eigenvalue weighted by atomic mass is 9.82. The molecule has 0 radical (unpaired) electrons. The molecule has 0 bridgehead atoms. The average Bonchev–Trinajstić information content (AvgIpc) is 2.44. The maximum Gasteiger partial charge on any atom is 0.0184 e. The van der Waals surface area contributed by atoms with Crippen molar-refractivity contribution in [3.8, 4) is 11.1 Å². The predicted molar refractivity (Wildman–Crippen MR) is 102 cm³/mol. The SMILES string of the molecule is Cc1cc(C(C)(C)C)ccc1-c1ccc(C(C)(C)C)cc1CN. The summed E-state index contributed by atoms with van der Waals surface area (Å²) < 4.78 is 0. The molecular weight excluding hydrogens is 278 g/mol. The van der Waals surface area contributed by atoms with Crippen molar-refractivity contribution < 1.29 is 0 Å². The normalized spacial score (nSPS) is 12.5. The molecule has 0 aliphatic carbocycles. The highest BCUT2D eigenvalue weighted by Crippen LogP contribution is 2.33. The Morgan fingerprint density at radius 3 is 1.65 bits per heavy atom. The Labute approximate surface area is 141 Å². The van der Waals surface area contributed by atoms with E-state index in [1.165, 1.54) is 33.4 Å². The summed E-state index contributed by atoms with van der Waals surface area (Å²) in [6.07, 6.45) is 0. The summed E-state index contributed by atoms with van der Waals surface area (Å²) in [5, 5.41) is 0. The Balaban J connectivity index is 2.54. The lowest BCUT2D eigenvalue weighted by molar-refractivity contribution is 0.589. The summed E-state index contributed by atoms with van der Waals surface area (Å²) >= 11 is 0. The molecular formula is C22H31N. The van der Waals surface area contributed by atoms with Crippen LogP contribution in [0.15, 0.2) is 36.4 Å². The summed E-state index contributed by atoms with van der Waals surface area (Å²) in [5.41, 5.74) is 14.2. The van der Waals surface area contributed by atoms with Gasteiger partial charge in [-0.2, -0.15) is 0 Å². The molecule has 0 fully saturated rings. The van der Waals surface area contributed by atoms with Gasteiger partial charge in [-0.15, -0.1) is 0 Å². The maximum atomic E-state index is 6.05. The monoisotopic (exact) mass is 309 g/mol. The van der Waals surface area contributed by atoms with Gasteiger partial charge in [-0.1, -0.05) is 77.9 Å². The lowest BCUT2D eigenvalue weighted by Crippen LogP contribution is -2.13. The molecule has 1 heteroatoms. The van der Waals surface area contributed by atoms with Crippen molar-refractivity contribution in [2.45, 2.75) is 65.8 Å². The van der Waals surface area contributed by atoms with Crippen LogP contribution in [0.4, 0.5) is 0 Å². The van der Waals surface area contributed by atoms with Crippen LogP contribution >= 0.6 is 0 Å². The molecule has 0 saturated heterocycles. The van der Waals surface area contributed by atoms with Crippen molar-refractivity contribution in [2.75, 3.05) is 0 Å². The van der Waals surface area contributed by atoms with Crippen LogP contribution in [-0.4, -0.2) is 0 Å². The molecule has 2 aromatic rings. The van der Waals surface area contributed by atoms with Crippen molar-refractivity contribution >= 4 is 0 Å². The van der Waals surface area contributed by atoms with Gasteiger partial charge < -0.3 is 5.73 Å². The topological polar surface area (TPSA) is 26.0 Å². The van der Waals surface area contributed by atoms with Gasteiger partial charge in [0.15, 0.2) is 0 Å². The van der Waals surface area contributed by atoms with Crippen LogP contribution in [0.25, 0.3) is 11.1 Å². The van der Waals surface area contributed by atoms with Crippen molar-refractivity contribution in [2.24, 2.45) is 5.73 Å². The number of rotatable bonds is 2. The largest absolute Gasteiger partial charge is 0.326 e. The van der Waals surface area contributed by atoms with Crippen LogP contribution in [0.5, 0.6) is 0 Å². The van der Waals surface area contributed by atoms with E-state index in [-0.39, 0.29) is 10.8 Å². The van der Waals surface area contributed by atoms with Crippen molar-refractivity contribution in [3.63, 3.8) is 0 Å². The van der Waals surface area contributed by atoms with Gasteiger partial charge in [0.25, 0.3) is 0 Å². The van der Waals surface area contributed by atoms with Crippen LogP contribution in [-0.2, 0) is 17.4 Å². The third-order valence-corrected chi connectivity index (χ3v) is 4.57. The summed E-state index contributed by atoms with van der Waals surface area (Å²) in [6, 6.07) is 13.6. The van der Waals surface area contributed by atoms with E-state index in [2.05, 4.69) is 84.9 Å². The minimum atomic E-state index is 0.146. The molecule has 0 heterocycles. The Morgan fingerprint density at radius 2 is 1.22 bits per heavy atom. The fourth-order valence-corrected chi connectivity index (χ4v) is 2.92. The molecule has 2 rings (SSSR count). The molecule has 0 aromatic heterocycles. The van der Waals surface area contributed by atoms with Gasteiger partial charge in [-0.3, -0.25) is 0 Å². The third-order valence-electron chi connectivity index (χ3n) is 4.57. The molecule has 23 heavy (non-hydrogen) atoms. The van der Waals surface area contributed by atoms with Crippen LogP contribution in [0.3, 0.4) is 0 Å². The van der Waals surface area contributed by atoms with Gasteiger partial charge in [-0.05, 0) is 51.1 Å².